The molecule has 0 N–H and O–H groups in total. The number of halogens is 1. The van der Waals surface area contributed by atoms with Gasteiger partial charge in [0.1, 0.15) is 0 Å². The fraction of sp³-hybridized carbons (Fsp3) is 0.188. The maximum Gasteiger partial charge on any atom is 0.510 e. The van der Waals surface area contributed by atoms with Gasteiger partial charge in [0.05, 0.1) is 0 Å². The summed E-state index contributed by atoms with van der Waals surface area (Å²) in [6.45, 7) is 1.56. The Hall–Kier alpha value is -2.00. The van der Waals surface area contributed by atoms with Gasteiger partial charge in [0, 0.05) is 0 Å². The van der Waals surface area contributed by atoms with Crippen LogP contribution in [0, 0.1) is 0 Å². The summed E-state index contributed by atoms with van der Waals surface area (Å²) in [5.41, 5.74) is 1.02. The van der Waals surface area contributed by atoms with Crippen LogP contribution in [0.3, 0.4) is 0 Å². The van der Waals surface area contributed by atoms with Gasteiger partial charge in [-0.05, 0) is 18.1 Å². The van der Waals surface area contributed by atoms with Gasteiger partial charge in [-0.3, -0.25) is 0 Å². The van der Waals surface area contributed by atoms with Crippen molar-refractivity contribution in [3.8, 4) is 0 Å². The lowest BCUT2D eigenvalue weighted by Gasteiger charge is -2.19. The van der Waals surface area contributed by atoms with E-state index in [-0.39, 0.29) is 0 Å². The standard InChI is InChI=1S/C16H15ClO3/c1-12(17)19-16(18)20-15(13-8-4-2-5-9-13)14-10-6-3-7-11-14/h2-12,15H,1H3/t12-/m1/s1. The second-order valence-corrected chi connectivity index (χ2v) is 4.84. The van der Waals surface area contributed by atoms with Crippen molar-refractivity contribution in [2.75, 3.05) is 0 Å². The van der Waals surface area contributed by atoms with E-state index in [1.165, 1.54) is 0 Å². The summed E-state index contributed by atoms with van der Waals surface area (Å²) in [5.74, 6) is 0. The molecule has 2 rings (SSSR count). The minimum Gasteiger partial charge on any atom is -0.421 e. The zero-order valence-corrected chi connectivity index (χ0v) is 11.8. The summed E-state index contributed by atoms with van der Waals surface area (Å²) in [6.07, 6.45) is -1.30. The molecule has 0 saturated heterocycles. The summed E-state index contributed by atoms with van der Waals surface area (Å²) >= 11 is 5.63. The molecule has 0 radical (unpaired) electrons. The molecule has 0 aliphatic rings. The Kier molecular flexibility index (Phi) is 5.02. The predicted octanol–water partition coefficient (Wildman–Crippen LogP) is 4.51. The van der Waals surface area contributed by atoms with Crippen LogP contribution in [-0.2, 0) is 9.47 Å². The first-order valence-corrected chi connectivity index (χ1v) is 6.71. The van der Waals surface area contributed by atoms with Crippen molar-refractivity contribution in [3.05, 3.63) is 71.8 Å². The molecule has 2 aromatic rings. The molecule has 3 nitrogen and oxygen atoms in total. The van der Waals surface area contributed by atoms with Gasteiger partial charge in [-0.25, -0.2) is 4.79 Å². The van der Waals surface area contributed by atoms with Gasteiger partial charge >= 0.3 is 6.16 Å². The molecule has 0 aliphatic carbocycles. The highest BCUT2D eigenvalue weighted by Crippen LogP contribution is 2.26. The molecule has 0 bridgehead atoms. The Labute approximate surface area is 123 Å². The average molecular weight is 291 g/mol. The molecule has 0 aromatic heterocycles. The van der Waals surface area contributed by atoms with E-state index in [1.54, 1.807) is 6.92 Å². The van der Waals surface area contributed by atoms with Gasteiger partial charge < -0.3 is 9.47 Å². The van der Waals surface area contributed by atoms with Crippen LogP contribution in [0.1, 0.15) is 24.2 Å². The zero-order valence-electron chi connectivity index (χ0n) is 11.0. The third-order valence-electron chi connectivity index (χ3n) is 2.68. The Morgan fingerprint density at radius 2 is 1.35 bits per heavy atom. The van der Waals surface area contributed by atoms with Crippen molar-refractivity contribution in [1.29, 1.82) is 0 Å². The number of benzene rings is 2. The predicted molar refractivity (Wildman–Crippen MR) is 77.6 cm³/mol. The number of alkyl halides is 1. The first-order valence-electron chi connectivity index (χ1n) is 6.28. The van der Waals surface area contributed by atoms with E-state index < -0.39 is 17.8 Å². The lowest BCUT2D eigenvalue weighted by atomic mass is 10.0. The first-order chi connectivity index (χ1) is 9.66. The molecule has 0 fully saturated rings. The van der Waals surface area contributed by atoms with Crippen LogP contribution in [0.2, 0.25) is 0 Å². The van der Waals surface area contributed by atoms with E-state index in [4.69, 9.17) is 21.1 Å². The molecule has 0 saturated carbocycles. The SMILES string of the molecule is C[C@H](Cl)OC(=O)OC(c1ccccc1)c1ccccc1. The third kappa shape index (κ3) is 4.00. The third-order valence-corrected chi connectivity index (χ3v) is 2.77. The molecule has 2 aromatic carbocycles. The molecule has 0 unspecified atom stereocenters. The van der Waals surface area contributed by atoms with E-state index in [9.17, 15) is 4.79 Å². The van der Waals surface area contributed by atoms with Crippen LogP contribution in [0.15, 0.2) is 60.7 Å². The molecule has 1 atom stereocenters. The Balaban J connectivity index is 2.24. The van der Waals surface area contributed by atoms with Crippen LogP contribution >= 0.6 is 11.6 Å². The van der Waals surface area contributed by atoms with Crippen molar-refractivity contribution in [2.45, 2.75) is 18.6 Å². The van der Waals surface area contributed by atoms with E-state index >= 15 is 0 Å². The van der Waals surface area contributed by atoms with Crippen LogP contribution in [0.5, 0.6) is 0 Å². The number of hydrogen-bond donors (Lipinski definition) is 0. The van der Waals surface area contributed by atoms with Gasteiger partial charge in [-0.2, -0.15) is 0 Å². The quantitative estimate of drug-likeness (QED) is 0.614. The van der Waals surface area contributed by atoms with Gasteiger partial charge in [-0.1, -0.05) is 72.3 Å². The topological polar surface area (TPSA) is 35.5 Å². The average Bonchev–Trinajstić information content (AvgIpc) is 2.46. The summed E-state index contributed by atoms with van der Waals surface area (Å²) in [7, 11) is 0. The Bertz CT molecular complexity index is 501. The number of ether oxygens (including phenoxy) is 2. The minimum absolute atomic E-state index is 0.514. The normalized spacial score (nSPS) is 11.9. The van der Waals surface area contributed by atoms with Crippen LogP contribution in [0.25, 0.3) is 0 Å². The van der Waals surface area contributed by atoms with Crippen molar-refractivity contribution in [1.82, 2.24) is 0 Å². The van der Waals surface area contributed by atoms with Crippen LogP contribution in [-0.4, -0.2) is 11.7 Å². The van der Waals surface area contributed by atoms with Crippen molar-refractivity contribution in [3.63, 3.8) is 0 Å². The highest BCUT2D eigenvalue weighted by Gasteiger charge is 2.20. The molecule has 0 amide bonds. The lowest BCUT2D eigenvalue weighted by molar-refractivity contribution is 0.0298. The molecule has 4 heteroatoms. The van der Waals surface area contributed by atoms with Crippen molar-refractivity contribution >= 4 is 17.8 Å². The molecule has 20 heavy (non-hydrogen) atoms. The van der Waals surface area contributed by atoms with Gasteiger partial charge in [0.25, 0.3) is 0 Å². The molecular weight excluding hydrogens is 276 g/mol. The Morgan fingerprint density at radius 3 is 1.75 bits per heavy atom. The van der Waals surface area contributed by atoms with E-state index in [2.05, 4.69) is 0 Å². The highest BCUT2D eigenvalue weighted by atomic mass is 35.5. The lowest BCUT2D eigenvalue weighted by Crippen LogP contribution is -2.16. The monoisotopic (exact) mass is 290 g/mol. The van der Waals surface area contributed by atoms with E-state index in [0.717, 1.165) is 11.1 Å². The highest BCUT2D eigenvalue weighted by molar-refractivity contribution is 6.19. The fourth-order valence-corrected chi connectivity index (χ4v) is 1.91. The summed E-state index contributed by atoms with van der Waals surface area (Å²) in [5, 5.41) is 0. The summed E-state index contributed by atoms with van der Waals surface area (Å²) in [4.78, 5) is 11.7. The van der Waals surface area contributed by atoms with Crippen LogP contribution in [0.4, 0.5) is 4.79 Å². The van der Waals surface area contributed by atoms with Crippen molar-refractivity contribution < 1.29 is 14.3 Å². The van der Waals surface area contributed by atoms with Crippen molar-refractivity contribution in [2.24, 2.45) is 0 Å². The fourth-order valence-electron chi connectivity index (χ4n) is 1.84. The second-order valence-electron chi connectivity index (χ2n) is 4.23. The smallest absolute Gasteiger partial charge is 0.421 e. The van der Waals surface area contributed by atoms with E-state index in [0.29, 0.717) is 0 Å². The first kappa shape index (κ1) is 14.4. The number of rotatable bonds is 4. The van der Waals surface area contributed by atoms with Crippen LogP contribution < -0.4 is 0 Å². The maximum absolute atomic E-state index is 11.7. The second kappa shape index (κ2) is 6.96. The number of hydrogen-bond acceptors (Lipinski definition) is 3. The molecule has 0 spiro atoms. The molecular formula is C16H15ClO3. The molecule has 104 valence electrons. The van der Waals surface area contributed by atoms with Gasteiger partial charge in [0.2, 0.25) is 0 Å². The summed E-state index contributed by atoms with van der Waals surface area (Å²) in [6, 6.07) is 19.0. The minimum atomic E-state index is -0.787. The summed E-state index contributed by atoms with van der Waals surface area (Å²) < 4.78 is 10.2. The molecule has 0 aliphatic heterocycles. The van der Waals surface area contributed by atoms with Gasteiger partial charge in [-0.15, -0.1) is 0 Å². The Morgan fingerprint density at radius 1 is 0.900 bits per heavy atom. The van der Waals surface area contributed by atoms with E-state index in [1.807, 2.05) is 60.7 Å². The number of carbonyl (C=O) groups excluding carboxylic acids is 1. The zero-order chi connectivity index (χ0) is 14.4. The maximum atomic E-state index is 11.7. The molecule has 0 heterocycles. The van der Waals surface area contributed by atoms with Gasteiger partial charge in [0.15, 0.2) is 11.7 Å². The number of carbonyl (C=O) groups is 1. The largest absolute Gasteiger partial charge is 0.510 e.